The van der Waals surface area contributed by atoms with Gasteiger partial charge in [0.25, 0.3) is 0 Å². The standard InChI is InChI=1S/C9H18BrNO3S/c1-11(6-3-5-10)15(12,13)8-9-4-2-7-14-9/h9H,2-8H2,1H3. The van der Waals surface area contributed by atoms with E-state index in [1.165, 1.54) is 4.31 Å². The van der Waals surface area contributed by atoms with Gasteiger partial charge in [-0.15, -0.1) is 0 Å². The van der Waals surface area contributed by atoms with Gasteiger partial charge in [0.15, 0.2) is 0 Å². The minimum atomic E-state index is -3.13. The van der Waals surface area contributed by atoms with Crippen LogP contribution in [0, 0.1) is 0 Å². The van der Waals surface area contributed by atoms with Crippen LogP contribution < -0.4 is 0 Å². The third-order valence-electron chi connectivity index (χ3n) is 2.50. The summed E-state index contributed by atoms with van der Waals surface area (Å²) >= 11 is 3.29. The van der Waals surface area contributed by atoms with E-state index in [0.29, 0.717) is 13.2 Å². The first-order valence-electron chi connectivity index (χ1n) is 5.18. The summed E-state index contributed by atoms with van der Waals surface area (Å²) in [4.78, 5) is 0. The summed E-state index contributed by atoms with van der Waals surface area (Å²) in [6.07, 6.45) is 2.58. The van der Waals surface area contributed by atoms with Crippen LogP contribution in [0.5, 0.6) is 0 Å². The first kappa shape index (κ1) is 13.4. The largest absolute Gasteiger partial charge is 0.377 e. The lowest BCUT2D eigenvalue weighted by atomic mass is 10.3. The van der Waals surface area contributed by atoms with E-state index in [0.717, 1.165) is 24.6 Å². The molecule has 0 radical (unpaired) electrons. The van der Waals surface area contributed by atoms with E-state index in [2.05, 4.69) is 15.9 Å². The van der Waals surface area contributed by atoms with Gasteiger partial charge in [-0.3, -0.25) is 0 Å². The van der Waals surface area contributed by atoms with Crippen molar-refractivity contribution >= 4 is 26.0 Å². The highest BCUT2D eigenvalue weighted by molar-refractivity contribution is 9.09. The molecule has 0 saturated carbocycles. The molecule has 1 unspecified atom stereocenters. The zero-order chi connectivity index (χ0) is 11.3. The Morgan fingerprint density at radius 2 is 2.27 bits per heavy atom. The zero-order valence-electron chi connectivity index (χ0n) is 8.99. The molecule has 1 heterocycles. The third-order valence-corrected chi connectivity index (χ3v) is 4.99. The predicted molar refractivity (Wildman–Crippen MR) is 63.8 cm³/mol. The summed E-state index contributed by atoms with van der Waals surface area (Å²) in [5.74, 6) is 0.131. The van der Waals surface area contributed by atoms with Gasteiger partial charge in [0, 0.05) is 25.5 Å². The van der Waals surface area contributed by atoms with Gasteiger partial charge in [0.1, 0.15) is 0 Å². The third kappa shape index (κ3) is 4.38. The number of nitrogens with zero attached hydrogens (tertiary/aromatic N) is 1. The molecule has 1 aliphatic heterocycles. The summed E-state index contributed by atoms with van der Waals surface area (Å²) in [6, 6.07) is 0. The second kappa shape index (κ2) is 6.18. The Balaban J connectivity index is 2.42. The number of rotatable bonds is 6. The molecule has 1 saturated heterocycles. The summed E-state index contributed by atoms with van der Waals surface area (Å²) < 4.78 is 30.4. The molecular formula is C9H18BrNO3S. The molecule has 4 nitrogen and oxygen atoms in total. The average molecular weight is 300 g/mol. The van der Waals surface area contributed by atoms with Crippen LogP contribution in [0.15, 0.2) is 0 Å². The number of sulfonamides is 1. The summed E-state index contributed by atoms with van der Waals surface area (Å²) in [7, 11) is -1.50. The molecule has 0 amide bonds. The molecule has 0 N–H and O–H groups in total. The number of ether oxygens (including phenoxy) is 1. The maximum Gasteiger partial charge on any atom is 0.216 e. The first-order chi connectivity index (χ1) is 7.06. The van der Waals surface area contributed by atoms with Crippen LogP contribution in [0.1, 0.15) is 19.3 Å². The van der Waals surface area contributed by atoms with E-state index in [9.17, 15) is 8.42 Å². The average Bonchev–Trinajstić information content (AvgIpc) is 2.65. The van der Waals surface area contributed by atoms with Crippen molar-refractivity contribution in [2.45, 2.75) is 25.4 Å². The van der Waals surface area contributed by atoms with Gasteiger partial charge in [-0.05, 0) is 19.3 Å². The van der Waals surface area contributed by atoms with E-state index in [1.807, 2.05) is 0 Å². The smallest absolute Gasteiger partial charge is 0.216 e. The van der Waals surface area contributed by atoms with Gasteiger partial charge in [-0.1, -0.05) is 15.9 Å². The van der Waals surface area contributed by atoms with E-state index < -0.39 is 10.0 Å². The molecule has 0 aromatic heterocycles. The van der Waals surface area contributed by atoms with Crippen molar-refractivity contribution in [3.63, 3.8) is 0 Å². The van der Waals surface area contributed by atoms with Gasteiger partial charge in [0.05, 0.1) is 11.9 Å². The van der Waals surface area contributed by atoms with Gasteiger partial charge in [-0.25, -0.2) is 12.7 Å². The highest BCUT2D eigenvalue weighted by atomic mass is 79.9. The molecule has 1 atom stereocenters. The van der Waals surface area contributed by atoms with Gasteiger partial charge < -0.3 is 4.74 Å². The van der Waals surface area contributed by atoms with Crippen LogP contribution >= 0.6 is 15.9 Å². The molecule has 0 aromatic rings. The SMILES string of the molecule is CN(CCCBr)S(=O)(=O)CC1CCCO1. The Morgan fingerprint density at radius 1 is 1.53 bits per heavy atom. The van der Waals surface area contributed by atoms with Crippen LogP contribution in [-0.2, 0) is 14.8 Å². The molecule has 90 valence electrons. The second-order valence-electron chi connectivity index (χ2n) is 3.78. The number of halogens is 1. The first-order valence-corrected chi connectivity index (χ1v) is 7.91. The van der Waals surface area contributed by atoms with Crippen LogP contribution in [-0.4, -0.2) is 50.1 Å². The number of hydrogen-bond acceptors (Lipinski definition) is 3. The molecule has 1 rings (SSSR count). The van der Waals surface area contributed by atoms with Crippen molar-refractivity contribution < 1.29 is 13.2 Å². The van der Waals surface area contributed by atoms with Crippen LogP contribution in [0.25, 0.3) is 0 Å². The van der Waals surface area contributed by atoms with E-state index in [4.69, 9.17) is 4.74 Å². The minimum absolute atomic E-state index is 0.0959. The lowest BCUT2D eigenvalue weighted by molar-refractivity contribution is 0.126. The zero-order valence-corrected chi connectivity index (χ0v) is 11.4. The fourth-order valence-corrected chi connectivity index (χ4v) is 3.20. The van der Waals surface area contributed by atoms with Gasteiger partial charge >= 0.3 is 0 Å². The van der Waals surface area contributed by atoms with Crippen LogP contribution in [0.4, 0.5) is 0 Å². The number of hydrogen-bond donors (Lipinski definition) is 0. The molecule has 0 bridgehead atoms. The van der Waals surface area contributed by atoms with E-state index in [1.54, 1.807) is 7.05 Å². The summed E-state index contributed by atoms with van der Waals surface area (Å²) in [6.45, 7) is 1.27. The van der Waals surface area contributed by atoms with Crippen LogP contribution in [0.2, 0.25) is 0 Å². The van der Waals surface area contributed by atoms with Crippen molar-refractivity contribution in [3.05, 3.63) is 0 Å². The van der Waals surface area contributed by atoms with Crippen molar-refractivity contribution in [2.75, 3.05) is 31.3 Å². The quantitative estimate of drug-likeness (QED) is 0.693. The molecule has 1 aliphatic rings. The maximum atomic E-state index is 11.8. The Kier molecular flexibility index (Phi) is 5.52. The Labute approximate surface area is 100 Å². The highest BCUT2D eigenvalue weighted by Gasteiger charge is 2.26. The summed E-state index contributed by atoms with van der Waals surface area (Å²) in [5, 5.41) is 0.826. The lowest BCUT2D eigenvalue weighted by Crippen LogP contribution is -2.34. The molecule has 15 heavy (non-hydrogen) atoms. The van der Waals surface area contributed by atoms with Crippen LogP contribution in [0.3, 0.4) is 0 Å². The predicted octanol–water partition coefficient (Wildman–Crippen LogP) is 1.21. The Bertz CT molecular complexity index is 275. The molecule has 0 spiro atoms. The lowest BCUT2D eigenvalue weighted by Gasteiger charge is -2.18. The minimum Gasteiger partial charge on any atom is -0.377 e. The Morgan fingerprint density at radius 3 is 2.80 bits per heavy atom. The van der Waals surface area contributed by atoms with E-state index >= 15 is 0 Å². The summed E-state index contributed by atoms with van der Waals surface area (Å²) in [5.41, 5.74) is 0. The van der Waals surface area contributed by atoms with Crippen molar-refractivity contribution in [3.8, 4) is 0 Å². The fraction of sp³-hybridized carbons (Fsp3) is 1.00. The van der Waals surface area contributed by atoms with Gasteiger partial charge in [0.2, 0.25) is 10.0 Å². The molecule has 0 aromatic carbocycles. The molecular weight excluding hydrogens is 282 g/mol. The van der Waals surface area contributed by atoms with Gasteiger partial charge in [-0.2, -0.15) is 0 Å². The normalized spacial score (nSPS) is 22.5. The second-order valence-corrected chi connectivity index (χ2v) is 6.69. The molecule has 0 aliphatic carbocycles. The maximum absolute atomic E-state index is 11.8. The topological polar surface area (TPSA) is 46.6 Å². The molecule has 1 fully saturated rings. The fourth-order valence-electron chi connectivity index (χ4n) is 1.56. The molecule has 6 heteroatoms. The highest BCUT2D eigenvalue weighted by Crippen LogP contribution is 2.15. The van der Waals surface area contributed by atoms with Crippen molar-refractivity contribution in [1.82, 2.24) is 4.31 Å². The monoisotopic (exact) mass is 299 g/mol. The van der Waals surface area contributed by atoms with Crippen molar-refractivity contribution in [2.24, 2.45) is 0 Å². The number of alkyl halides is 1. The Hall–Kier alpha value is 0.350. The van der Waals surface area contributed by atoms with E-state index in [-0.39, 0.29) is 11.9 Å². The van der Waals surface area contributed by atoms with Crippen molar-refractivity contribution in [1.29, 1.82) is 0 Å².